The van der Waals surface area contributed by atoms with E-state index in [1.54, 1.807) is 0 Å². The maximum absolute atomic E-state index is 11.9. The van der Waals surface area contributed by atoms with E-state index in [-0.39, 0.29) is 6.04 Å². The summed E-state index contributed by atoms with van der Waals surface area (Å²) in [6, 6.07) is 5.86. The average Bonchev–Trinajstić information content (AvgIpc) is 2.81. The number of aliphatic carboxylic acids is 1. The lowest BCUT2D eigenvalue weighted by atomic mass is 10.1. The first-order valence-corrected chi connectivity index (χ1v) is 6.63. The van der Waals surface area contributed by atoms with E-state index in [1.165, 1.54) is 0 Å². The zero-order chi connectivity index (χ0) is 14.5. The highest BCUT2D eigenvalue weighted by Crippen LogP contribution is 2.31. The number of urea groups is 1. The molecule has 0 saturated heterocycles. The van der Waals surface area contributed by atoms with Crippen molar-refractivity contribution in [2.75, 3.05) is 6.61 Å². The van der Waals surface area contributed by atoms with Crippen molar-refractivity contribution in [1.82, 2.24) is 10.6 Å². The maximum Gasteiger partial charge on any atom is 0.326 e. The van der Waals surface area contributed by atoms with Crippen LogP contribution in [0.25, 0.3) is 0 Å². The van der Waals surface area contributed by atoms with Crippen LogP contribution < -0.4 is 15.4 Å². The Labute approximate surface area is 117 Å². The Morgan fingerprint density at radius 2 is 2.20 bits per heavy atom. The fraction of sp³-hybridized carbons (Fsp3) is 0.429. The number of ether oxygens (including phenoxy) is 1. The Morgan fingerprint density at radius 3 is 2.90 bits per heavy atom. The zero-order valence-corrected chi connectivity index (χ0v) is 11.3. The van der Waals surface area contributed by atoms with Crippen molar-refractivity contribution in [3.05, 3.63) is 29.8 Å². The molecule has 20 heavy (non-hydrogen) atoms. The number of hydrogen-bond donors (Lipinski definition) is 3. The molecule has 1 aliphatic heterocycles. The fourth-order valence-electron chi connectivity index (χ4n) is 2.19. The topological polar surface area (TPSA) is 87.7 Å². The van der Waals surface area contributed by atoms with Crippen LogP contribution in [0.1, 0.15) is 31.4 Å². The molecule has 2 amide bonds. The third-order valence-electron chi connectivity index (χ3n) is 3.19. The molecule has 1 aromatic rings. The minimum absolute atomic E-state index is 0.248. The lowest BCUT2D eigenvalue weighted by Crippen LogP contribution is -2.47. The second-order valence-electron chi connectivity index (χ2n) is 4.70. The van der Waals surface area contributed by atoms with Gasteiger partial charge in [-0.1, -0.05) is 31.5 Å². The molecule has 108 valence electrons. The molecule has 0 fully saturated rings. The molecular formula is C14H18N2O4. The molecule has 0 spiro atoms. The molecule has 0 aromatic heterocycles. The third kappa shape index (κ3) is 3.20. The predicted octanol–water partition coefficient (Wildman–Crippen LogP) is 1.67. The van der Waals surface area contributed by atoms with Gasteiger partial charge in [0.05, 0.1) is 6.04 Å². The average molecular weight is 278 g/mol. The number of carbonyl (C=O) groups is 2. The number of carboxylic acid groups (broad SMARTS) is 1. The highest BCUT2D eigenvalue weighted by atomic mass is 16.5. The largest absolute Gasteiger partial charge is 0.491 e. The van der Waals surface area contributed by atoms with E-state index in [9.17, 15) is 9.59 Å². The number of para-hydroxylation sites is 1. The smallest absolute Gasteiger partial charge is 0.326 e. The maximum atomic E-state index is 11.9. The Balaban J connectivity index is 1.94. The van der Waals surface area contributed by atoms with Crippen LogP contribution in [-0.4, -0.2) is 29.8 Å². The van der Waals surface area contributed by atoms with Crippen LogP contribution in [0.2, 0.25) is 0 Å². The minimum atomic E-state index is -1.02. The zero-order valence-electron chi connectivity index (χ0n) is 11.3. The first kappa shape index (κ1) is 14.2. The molecule has 0 saturated carbocycles. The standard InChI is InChI=1S/C14H18N2O4/c1-2-5-10(13(17)18)15-14(19)16-11-8-20-12-7-4-3-6-9(11)12/h3-4,6-7,10-11H,2,5,8H2,1H3,(H,17,18)(H2,15,16,19)/t10-,11?/m0/s1. The van der Waals surface area contributed by atoms with E-state index in [2.05, 4.69) is 10.6 Å². The molecular weight excluding hydrogens is 260 g/mol. The van der Waals surface area contributed by atoms with Crippen LogP contribution in [0.15, 0.2) is 24.3 Å². The van der Waals surface area contributed by atoms with Gasteiger partial charge < -0.3 is 20.5 Å². The summed E-state index contributed by atoms with van der Waals surface area (Å²) in [6.45, 7) is 2.23. The normalized spacial score (nSPS) is 17.8. The highest BCUT2D eigenvalue weighted by molar-refractivity contribution is 5.82. The Bertz CT molecular complexity index is 504. The van der Waals surface area contributed by atoms with Gasteiger partial charge in [0.1, 0.15) is 18.4 Å². The first-order valence-electron chi connectivity index (χ1n) is 6.63. The molecule has 0 aliphatic carbocycles. The van der Waals surface area contributed by atoms with Crippen LogP contribution in [0.5, 0.6) is 5.75 Å². The summed E-state index contributed by atoms with van der Waals surface area (Å²) >= 11 is 0. The third-order valence-corrected chi connectivity index (χ3v) is 3.19. The van der Waals surface area contributed by atoms with Crippen molar-refractivity contribution in [2.45, 2.75) is 31.8 Å². The van der Waals surface area contributed by atoms with Crippen molar-refractivity contribution in [1.29, 1.82) is 0 Å². The van der Waals surface area contributed by atoms with Crippen LogP contribution in [0, 0.1) is 0 Å². The number of hydrogen-bond acceptors (Lipinski definition) is 3. The Kier molecular flexibility index (Phi) is 4.45. The summed E-state index contributed by atoms with van der Waals surface area (Å²) in [5, 5.41) is 14.2. The summed E-state index contributed by atoms with van der Waals surface area (Å²) in [4.78, 5) is 22.9. The molecule has 0 radical (unpaired) electrons. The Hall–Kier alpha value is -2.24. The molecule has 3 N–H and O–H groups in total. The highest BCUT2D eigenvalue weighted by Gasteiger charge is 2.26. The SMILES string of the molecule is CCC[C@H](NC(=O)NC1COc2ccccc21)C(=O)O. The van der Waals surface area contributed by atoms with Crippen molar-refractivity contribution in [3.63, 3.8) is 0 Å². The van der Waals surface area contributed by atoms with Gasteiger partial charge in [-0.25, -0.2) is 9.59 Å². The minimum Gasteiger partial charge on any atom is -0.491 e. The summed E-state index contributed by atoms with van der Waals surface area (Å²) in [7, 11) is 0. The lowest BCUT2D eigenvalue weighted by molar-refractivity contribution is -0.139. The van der Waals surface area contributed by atoms with Gasteiger partial charge in [0, 0.05) is 5.56 Å². The second kappa shape index (κ2) is 6.27. The van der Waals surface area contributed by atoms with E-state index >= 15 is 0 Å². The summed E-state index contributed by atoms with van der Waals surface area (Å²) in [5.41, 5.74) is 0.907. The molecule has 1 aliphatic rings. The van der Waals surface area contributed by atoms with Crippen molar-refractivity contribution >= 4 is 12.0 Å². The molecule has 1 aromatic carbocycles. The number of fused-ring (bicyclic) bond motifs is 1. The van der Waals surface area contributed by atoms with E-state index < -0.39 is 18.0 Å². The van der Waals surface area contributed by atoms with E-state index in [1.807, 2.05) is 31.2 Å². The van der Waals surface area contributed by atoms with Gasteiger partial charge in [-0.15, -0.1) is 0 Å². The van der Waals surface area contributed by atoms with Crippen LogP contribution in [-0.2, 0) is 4.79 Å². The number of carbonyl (C=O) groups excluding carboxylic acids is 1. The van der Waals surface area contributed by atoms with Gasteiger partial charge in [-0.3, -0.25) is 0 Å². The van der Waals surface area contributed by atoms with Crippen molar-refractivity contribution < 1.29 is 19.4 Å². The fourth-order valence-corrected chi connectivity index (χ4v) is 2.19. The number of amides is 2. The summed E-state index contributed by atoms with van der Waals surface area (Å²) in [5.74, 6) is -0.272. The molecule has 1 heterocycles. The first-order chi connectivity index (χ1) is 9.61. The van der Waals surface area contributed by atoms with Crippen molar-refractivity contribution in [2.24, 2.45) is 0 Å². The van der Waals surface area contributed by atoms with Crippen LogP contribution >= 0.6 is 0 Å². The van der Waals surface area contributed by atoms with Crippen LogP contribution in [0.4, 0.5) is 4.79 Å². The van der Waals surface area contributed by atoms with E-state index in [0.29, 0.717) is 19.4 Å². The number of rotatable bonds is 5. The summed E-state index contributed by atoms with van der Waals surface area (Å²) < 4.78 is 5.45. The van der Waals surface area contributed by atoms with E-state index in [0.717, 1.165) is 11.3 Å². The van der Waals surface area contributed by atoms with E-state index in [4.69, 9.17) is 9.84 Å². The predicted molar refractivity (Wildman–Crippen MR) is 72.7 cm³/mol. The summed E-state index contributed by atoms with van der Waals surface area (Å²) in [6.07, 6.45) is 1.09. The number of carboxylic acids is 1. The monoisotopic (exact) mass is 278 g/mol. The van der Waals surface area contributed by atoms with Crippen LogP contribution in [0.3, 0.4) is 0 Å². The van der Waals surface area contributed by atoms with Crippen molar-refractivity contribution in [3.8, 4) is 5.75 Å². The molecule has 2 atom stereocenters. The molecule has 1 unspecified atom stereocenters. The number of benzene rings is 1. The molecule has 2 rings (SSSR count). The van der Waals surface area contributed by atoms with Gasteiger partial charge in [-0.2, -0.15) is 0 Å². The second-order valence-corrected chi connectivity index (χ2v) is 4.70. The molecule has 0 bridgehead atoms. The number of nitrogens with one attached hydrogen (secondary N) is 2. The molecule has 6 nitrogen and oxygen atoms in total. The van der Waals surface area contributed by atoms with Gasteiger partial charge in [0.2, 0.25) is 0 Å². The van der Waals surface area contributed by atoms with Gasteiger partial charge >= 0.3 is 12.0 Å². The quantitative estimate of drug-likeness (QED) is 0.764. The van der Waals surface area contributed by atoms with Gasteiger partial charge in [-0.05, 0) is 12.5 Å². The molecule has 6 heteroatoms. The Morgan fingerprint density at radius 1 is 1.45 bits per heavy atom. The van der Waals surface area contributed by atoms with Gasteiger partial charge in [0.15, 0.2) is 0 Å². The van der Waals surface area contributed by atoms with Gasteiger partial charge in [0.25, 0.3) is 0 Å². The lowest BCUT2D eigenvalue weighted by Gasteiger charge is -2.17.